The Bertz CT molecular complexity index is 637. The Hall–Kier alpha value is -1.08. The second-order valence-electron chi connectivity index (χ2n) is 5.17. The van der Waals surface area contributed by atoms with Gasteiger partial charge in [-0.1, -0.05) is 0 Å². The summed E-state index contributed by atoms with van der Waals surface area (Å²) in [5.41, 5.74) is 2.54. The molecule has 0 unspecified atom stereocenters. The van der Waals surface area contributed by atoms with E-state index >= 15 is 0 Å². The lowest BCUT2D eigenvalue weighted by atomic mass is 10.1. The van der Waals surface area contributed by atoms with Crippen molar-refractivity contribution in [2.24, 2.45) is 0 Å². The number of aryl methyl sites for hydroxylation is 1. The molecule has 5 nitrogen and oxygen atoms in total. The third-order valence-electron chi connectivity index (χ3n) is 3.82. The molecule has 104 valence electrons. The highest BCUT2D eigenvalue weighted by molar-refractivity contribution is 9.10. The van der Waals surface area contributed by atoms with Crippen molar-refractivity contribution in [2.75, 3.05) is 23.7 Å². The van der Waals surface area contributed by atoms with Crippen LogP contribution in [0.2, 0.25) is 0 Å². The van der Waals surface area contributed by atoms with Gasteiger partial charge in [0.25, 0.3) is 0 Å². The summed E-state index contributed by atoms with van der Waals surface area (Å²) < 4.78 is 3.05. The molecule has 2 aliphatic rings. The lowest BCUT2D eigenvalue weighted by Crippen LogP contribution is -2.48. The molecule has 0 aromatic carbocycles. The zero-order valence-corrected chi connectivity index (χ0v) is 13.3. The molecule has 2 aromatic heterocycles. The predicted octanol–water partition coefficient (Wildman–Crippen LogP) is 2.29. The Balaban J connectivity index is 1.48. The van der Waals surface area contributed by atoms with Crippen LogP contribution in [-0.2, 0) is 12.2 Å². The number of hydrogen-bond donors (Lipinski definition) is 0. The molecular formula is C13H14BrN5S. The van der Waals surface area contributed by atoms with Crippen LogP contribution in [-0.4, -0.2) is 38.8 Å². The van der Waals surface area contributed by atoms with E-state index in [1.165, 1.54) is 17.0 Å². The van der Waals surface area contributed by atoms with Crippen LogP contribution in [0.1, 0.15) is 17.3 Å². The molecule has 1 fully saturated rings. The summed E-state index contributed by atoms with van der Waals surface area (Å²) in [5.74, 6) is 3.25. The lowest BCUT2D eigenvalue weighted by molar-refractivity contribution is 0.365. The summed E-state index contributed by atoms with van der Waals surface area (Å²) in [6.45, 7) is 1.91. The molecule has 2 aliphatic heterocycles. The molecule has 20 heavy (non-hydrogen) atoms. The minimum absolute atomic E-state index is 0.438. The molecule has 0 spiro atoms. The fourth-order valence-electron chi connectivity index (χ4n) is 2.61. The van der Waals surface area contributed by atoms with Gasteiger partial charge in [-0.15, -0.1) is 5.10 Å². The third-order valence-corrected chi connectivity index (χ3v) is 5.24. The zero-order valence-electron chi connectivity index (χ0n) is 10.9. The van der Waals surface area contributed by atoms with Crippen LogP contribution in [0.15, 0.2) is 22.9 Å². The molecule has 1 saturated heterocycles. The number of hydrogen-bond acceptors (Lipinski definition) is 5. The number of anilines is 1. The van der Waals surface area contributed by atoms with E-state index in [0.717, 1.165) is 35.6 Å². The van der Waals surface area contributed by atoms with E-state index in [1.54, 1.807) is 0 Å². The van der Waals surface area contributed by atoms with Gasteiger partial charge in [0.15, 0.2) is 5.82 Å². The van der Waals surface area contributed by atoms with Gasteiger partial charge in [-0.3, -0.25) is 4.68 Å². The van der Waals surface area contributed by atoms with E-state index in [4.69, 9.17) is 0 Å². The van der Waals surface area contributed by atoms with Gasteiger partial charge < -0.3 is 4.90 Å². The summed E-state index contributed by atoms with van der Waals surface area (Å²) in [6, 6.07) is 2.65. The van der Waals surface area contributed by atoms with Gasteiger partial charge in [-0.25, -0.2) is 0 Å². The number of rotatable bonds is 2. The Morgan fingerprint density at radius 1 is 1.30 bits per heavy atom. The van der Waals surface area contributed by atoms with E-state index in [9.17, 15) is 0 Å². The third kappa shape index (κ3) is 2.22. The zero-order chi connectivity index (χ0) is 13.5. The second kappa shape index (κ2) is 5.04. The number of fused-ring (bicyclic) bond motifs is 1. The lowest BCUT2D eigenvalue weighted by Gasteiger charge is -2.40. The molecule has 0 amide bonds. The molecule has 4 rings (SSSR count). The van der Waals surface area contributed by atoms with E-state index in [1.807, 2.05) is 28.8 Å². The van der Waals surface area contributed by atoms with E-state index in [0.29, 0.717) is 6.04 Å². The molecular weight excluding hydrogens is 338 g/mol. The maximum Gasteiger partial charge on any atom is 0.151 e. The minimum Gasteiger partial charge on any atom is -0.351 e. The summed E-state index contributed by atoms with van der Waals surface area (Å²) in [6.07, 6.45) is 4.91. The monoisotopic (exact) mass is 351 g/mol. The first kappa shape index (κ1) is 12.6. The number of halogens is 1. The fourth-order valence-corrected chi connectivity index (χ4v) is 3.86. The SMILES string of the molecule is Brc1cnn(C2CN(c3cc4c(nn3)CCSC4)C2)c1. The molecule has 7 heteroatoms. The van der Waals surface area contributed by atoms with E-state index < -0.39 is 0 Å². The summed E-state index contributed by atoms with van der Waals surface area (Å²) >= 11 is 5.41. The van der Waals surface area contributed by atoms with Crippen molar-refractivity contribution in [3.05, 3.63) is 34.2 Å². The Morgan fingerprint density at radius 3 is 3.00 bits per heavy atom. The van der Waals surface area contributed by atoms with Gasteiger partial charge in [0.05, 0.1) is 22.4 Å². The highest BCUT2D eigenvalue weighted by Gasteiger charge is 2.30. The van der Waals surface area contributed by atoms with Gasteiger partial charge in [0, 0.05) is 31.5 Å². The van der Waals surface area contributed by atoms with Crippen molar-refractivity contribution < 1.29 is 0 Å². The first-order chi connectivity index (χ1) is 9.79. The standard InChI is InChI=1S/C13H14BrN5S/c14-10-4-15-19(5-10)11-6-18(7-11)13-3-9-8-20-2-1-12(9)16-17-13/h3-5,11H,1-2,6-8H2. The van der Waals surface area contributed by atoms with Crippen molar-refractivity contribution in [1.29, 1.82) is 0 Å². The van der Waals surface area contributed by atoms with Gasteiger partial charge >= 0.3 is 0 Å². The molecule has 0 saturated carbocycles. The van der Waals surface area contributed by atoms with Crippen molar-refractivity contribution in [3.8, 4) is 0 Å². The minimum atomic E-state index is 0.438. The number of thioether (sulfide) groups is 1. The molecule has 4 heterocycles. The Morgan fingerprint density at radius 2 is 2.20 bits per heavy atom. The van der Waals surface area contributed by atoms with E-state index in [-0.39, 0.29) is 0 Å². The van der Waals surface area contributed by atoms with Crippen LogP contribution in [0.3, 0.4) is 0 Å². The molecule has 0 aliphatic carbocycles. The normalized spacial score (nSPS) is 18.8. The van der Waals surface area contributed by atoms with Crippen LogP contribution < -0.4 is 4.90 Å². The van der Waals surface area contributed by atoms with Crippen LogP contribution in [0.5, 0.6) is 0 Å². The highest BCUT2D eigenvalue weighted by atomic mass is 79.9. The largest absolute Gasteiger partial charge is 0.351 e. The average Bonchev–Trinajstić information content (AvgIpc) is 2.83. The van der Waals surface area contributed by atoms with Gasteiger partial charge in [0.2, 0.25) is 0 Å². The Kier molecular flexibility index (Phi) is 3.18. The van der Waals surface area contributed by atoms with Crippen molar-refractivity contribution >= 4 is 33.5 Å². The summed E-state index contributed by atoms with van der Waals surface area (Å²) in [4.78, 5) is 2.27. The number of aromatic nitrogens is 4. The van der Waals surface area contributed by atoms with Gasteiger partial charge in [-0.2, -0.15) is 22.0 Å². The van der Waals surface area contributed by atoms with Crippen LogP contribution >= 0.6 is 27.7 Å². The smallest absolute Gasteiger partial charge is 0.151 e. The fraction of sp³-hybridized carbons (Fsp3) is 0.462. The summed E-state index contributed by atoms with van der Waals surface area (Å²) in [7, 11) is 0. The summed E-state index contributed by atoms with van der Waals surface area (Å²) in [5, 5.41) is 13.1. The molecule has 0 atom stereocenters. The maximum atomic E-state index is 4.39. The van der Waals surface area contributed by atoms with Gasteiger partial charge in [-0.05, 0) is 33.3 Å². The van der Waals surface area contributed by atoms with Crippen LogP contribution in [0, 0.1) is 0 Å². The maximum absolute atomic E-state index is 4.39. The quantitative estimate of drug-likeness (QED) is 0.830. The van der Waals surface area contributed by atoms with Crippen molar-refractivity contribution in [2.45, 2.75) is 18.2 Å². The number of nitrogens with zero attached hydrogens (tertiary/aromatic N) is 5. The van der Waals surface area contributed by atoms with E-state index in [2.05, 4.69) is 42.2 Å². The Labute approximate surface area is 129 Å². The van der Waals surface area contributed by atoms with Crippen LogP contribution in [0.4, 0.5) is 5.82 Å². The molecule has 2 aromatic rings. The molecule has 0 radical (unpaired) electrons. The first-order valence-corrected chi connectivity index (χ1v) is 8.62. The second-order valence-corrected chi connectivity index (χ2v) is 7.20. The molecule has 0 N–H and O–H groups in total. The van der Waals surface area contributed by atoms with Crippen LogP contribution in [0.25, 0.3) is 0 Å². The van der Waals surface area contributed by atoms with Gasteiger partial charge in [0.1, 0.15) is 0 Å². The average molecular weight is 352 g/mol. The molecule has 0 bridgehead atoms. The topological polar surface area (TPSA) is 46.8 Å². The van der Waals surface area contributed by atoms with Crippen molar-refractivity contribution in [1.82, 2.24) is 20.0 Å². The van der Waals surface area contributed by atoms with Crippen molar-refractivity contribution in [3.63, 3.8) is 0 Å². The highest BCUT2D eigenvalue weighted by Crippen LogP contribution is 2.30. The first-order valence-electron chi connectivity index (χ1n) is 6.67. The predicted molar refractivity (Wildman–Crippen MR) is 83.1 cm³/mol.